The maximum atomic E-state index is 5.70. The number of nitrogens with one attached hydrogen (secondary N) is 1. The van der Waals surface area contributed by atoms with Crippen molar-refractivity contribution in [1.82, 2.24) is 5.32 Å². The van der Waals surface area contributed by atoms with Crippen LogP contribution >= 0.6 is 0 Å². The molecule has 1 aliphatic heterocycles. The zero-order valence-corrected chi connectivity index (χ0v) is 10.8. The Morgan fingerprint density at radius 2 is 1.94 bits per heavy atom. The first-order valence-electron chi connectivity index (χ1n) is 7.04. The van der Waals surface area contributed by atoms with E-state index in [0.717, 1.165) is 50.1 Å². The first-order chi connectivity index (χ1) is 8.92. The third kappa shape index (κ3) is 3.16. The molecule has 1 saturated carbocycles. The molecule has 1 aliphatic carbocycles. The zero-order valence-electron chi connectivity index (χ0n) is 10.8. The molecule has 3 nitrogen and oxygen atoms in total. The van der Waals surface area contributed by atoms with Crippen molar-refractivity contribution in [2.75, 3.05) is 19.8 Å². The van der Waals surface area contributed by atoms with E-state index in [1.165, 1.54) is 24.8 Å². The van der Waals surface area contributed by atoms with Crippen LogP contribution in [0.3, 0.4) is 0 Å². The summed E-state index contributed by atoms with van der Waals surface area (Å²) in [6.45, 7) is 2.65. The molecular formula is C15H21NO2. The standard InChI is InChI=1S/C15H21NO2/c1(8-16-13-5-6-13)3-12-4-7-14-15(11-12)18-10-2-9-17-14/h4,7,11,13,16H,1-3,5-6,8-10H2. The molecule has 0 saturated heterocycles. The lowest BCUT2D eigenvalue weighted by atomic mass is 10.1. The van der Waals surface area contributed by atoms with Crippen LogP contribution in [0.15, 0.2) is 18.2 Å². The van der Waals surface area contributed by atoms with E-state index in [9.17, 15) is 0 Å². The molecule has 0 aromatic heterocycles. The monoisotopic (exact) mass is 247 g/mol. The van der Waals surface area contributed by atoms with Gasteiger partial charge >= 0.3 is 0 Å². The molecule has 1 fully saturated rings. The van der Waals surface area contributed by atoms with Crippen molar-refractivity contribution in [3.8, 4) is 11.5 Å². The Balaban J connectivity index is 1.53. The van der Waals surface area contributed by atoms with Gasteiger partial charge in [0.2, 0.25) is 0 Å². The normalized spacial score (nSPS) is 18.4. The van der Waals surface area contributed by atoms with Gasteiger partial charge in [-0.25, -0.2) is 0 Å². The van der Waals surface area contributed by atoms with Crippen molar-refractivity contribution in [1.29, 1.82) is 0 Å². The maximum Gasteiger partial charge on any atom is 0.161 e. The van der Waals surface area contributed by atoms with Crippen LogP contribution in [0.2, 0.25) is 0 Å². The number of benzene rings is 1. The minimum atomic E-state index is 0.762. The molecule has 18 heavy (non-hydrogen) atoms. The van der Waals surface area contributed by atoms with E-state index in [1.54, 1.807) is 0 Å². The van der Waals surface area contributed by atoms with Crippen molar-refractivity contribution in [2.45, 2.75) is 38.1 Å². The second-order valence-electron chi connectivity index (χ2n) is 5.16. The van der Waals surface area contributed by atoms with Crippen LogP contribution in [0.4, 0.5) is 0 Å². The smallest absolute Gasteiger partial charge is 0.161 e. The Kier molecular flexibility index (Phi) is 3.69. The Morgan fingerprint density at radius 3 is 2.78 bits per heavy atom. The van der Waals surface area contributed by atoms with Gasteiger partial charge in [-0.2, -0.15) is 0 Å². The molecule has 98 valence electrons. The van der Waals surface area contributed by atoms with E-state index in [4.69, 9.17) is 9.47 Å². The van der Waals surface area contributed by atoms with E-state index in [2.05, 4.69) is 17.4 Å². The van der Waals surface area contributed by atoms with E-state index < -0.39 is 0 Å². The largest absolute Gasteiger partial charge is 0.490 e. The second-order valence-corrected chi connectivity index (χ2v) is 5.16. The number of fused-ring (bicyclic) bond motifs is 1. The lowest BCUT2D eigenvalue weighted by Crippen LogP contribution is -2.17. The van der Waals surface area contributed by atoms with Crippen LogP contribution < -0.4 is 14.8 Å². The Labute approximate surface area is 108 Å². The average Bonchev–Trinajstić information content (AvgIpc) is 3.21. The molecule has 1 aromatic rings. The molecule has 0 amide bonds. The number of hydrogen-bond donors (Lipinski definition) is 1. The van der Waals surface area contributed by atoms with E-state index in [0.29, 0.717) is 0 Å². The highest BCUT2D eigenvalue weighted by molar-refractivity contribution is 5.43. The highest BCUT2D eigenvalue weighted by Gasteiger charge is 2.19. The number of ether oxygens (including phenoxy) is 2. The molecule has 2 aliphatic rings. The van der Waals surface area contributed by atoms with Gasteiger partial charge in [0.15, 0.2) is 11.5 Å². The highest BCUT2D eigenvalue weighted by atomic mass is 16.5. The lowest BCUT2D eigenvalue weighted by Gasteiger charge is -2.09. The predicted molar refractivity (Wildman–Crippen MR) is 71.4 cm³/mol. The summed E-state index contributed by atoms with van der Waals surface area (Å²) < 4.78 is 11.3. The summed E-state index contributed by atoms with van der Waals surface area (Å²) in [6, 6.07) is 7.15. The van der Waals surface area contributed by atoms with Gasteiger partial charge in [-0.05, 0) is 49.9 Å². The number of rotatable bonds is 5. The third-order valence-corrected chi connectivity index (χ3v) is 3.46. The van der Waals surface area contributed by atoms with Crippen LogP contribution in [-0.2, 0) is 6.42 Å². The summed E-state index contributed by atoms with van der Waals surface area (Å²) in [6.07, 6.45) is 6.00. The zero-order chi connectivity index (χ0) is 12.2. The van der Waals surface area contributed by atoms with Crippen molar-refractivity contribution in [2.24, 2.45) is 0 Å². The minimum Gasteiger partial charge on any atom is -0.490 e. The van der Waals surface area contributed by atoms with Crippen LogP contribution in [0, 0.1) is 0 Å². The van der Waals surface area contributed by atoms with Crippen LogP contribution in [0.1, 0.15) is 31.2 Å². The van der Waals surface area contributed by atoms with Crippen molar-refractivity contribution >= 4 is 0 Å². The summed E-state index contributed by atoms with van der Waals surface area (Å²) in [5, 5.41) is 3.54. The van der Waals surface area contributed by atoms with Gasteiger partial charge in [0.05, 0.1) is 13.2 Å². The molecule has 0 unspecified atom stereocenters. The van der Waals surface area contributed by atoms with Gasteiger partial charge < -0.3 is 14.8 Å². The number of aryl methyl sites for hydroxylation is 1. The third-order valence-electron chi connectivity index (χ3n) is 3.46. The Morgan fingerprint density at radius 1 is 1.11 bits per heavy atom. The van der Waals surface area contributed by atoms with Gasteiger partial charge in [-0.3, -0.25) is 0 Å². The molecule has 1 N–H and O–H groups in total. The van der Waals surface area contributed by atoms with Gasteiger partial charge in [-0.15, -0.1) is 0 Å². The predicted octanol–water partition coefficient (Wildman–Crippen LogP) is 2.53. The molecule has 1 heterocycles. The van der Waals surface area contributed by atoms with Crippen molar-refractivity contribution in [3.63, 3.8) is 0 Å². The van der Waals surface area contributed by atoms with Crippen LogP contribution in [0.5, 0.6) is 11.5 Å². The summed E-state index contributed by atoms with van der Waals surface area (Å²) >= 11 is 0. The molecule has 0 atom stereocenters. The fraction of sp³-hybridized carbons (Fsp3) is 0.600. The van der Waals surface area contributed by atoms with Gasteiger partial charge in [-0.1, -0.05) is 6.07 Å². The first-order valence-corrected chi connectivity index (χ1v) is 7.04. The fourth-order valence-corrected chi connectivity index (χ4v) is 2.25. The minimum absolute atomic E-state index is 0.762. The Hall–Kier alpha value is -1.22. The second kappa shape index (κ2) is 5.61. The molecule has 0 radical (unpaired) electrons. The number of hydrogen-bond acceptors (Lipinski definition) is 3. The van der Waals surface area contributed by atoms with Gasteiger partial charge in [0, 0.05) is 12.5 Å². The van der Waals surface area contributed by atoms with Gasteiger partial charge in [0.25, 0.3) is 0 Å². The summed E-state index contributed by atoms with van der Waals surface area (Å²) in [5.74, 6) is 1.81. The molecule has 3 rings (SSSR count). The molecular weight excluding hydrogens is 226 g/mol. The maximum absolute atomic E-state index is 5.70. The first kappa shape index (κ1) is 11.8. The fourth-order valence-electron chi connectivity index (χ4n) is 2.25. The highest BCUT2D eigenvalue weighted by Crippen LogP contribution is 2.30. The van der Waals surface area contributed by atoms with Crippen LogP contribution in [-0.4, -0.2) is 25.8 Å². The Bertz CT molecular complexity index is 401. The van der Waals surface area contributed by atoms with Crippen molar-refractivity contribution < 1.29 is 9.47 Å². The summed E-state index contributed by atoms with van der Waals surface area (Å²) in [5.41, 5.74) is 1.34. The summed E-state index contributed by atoms with van der Waals surface area (Å²) in [4.78, 5) is 0. The quantitative estimate of drug-likeness (QED) is 0.811. The van der Waals surface area contributed by atoms with Crippen molar-refractivity contribution in [3.05, 3.63) is 23.8 Å². The van der Waals surface area contributed by atoms with E-state index in [-0.39, 0.29) is 0 Å². The topological polar surface area (TPSA) is 30.5 Å². The molecule has 0 spiro atoms. The van der Waals surface area contributed by atoms with Gasteiger partial charge in [0.1, 0.15) is 0 Å². The lowest BCUT2D eigenvalue weighted by molar-refractivity contribution is 0.297. The summed E-state index contributed by atoms with van der Waals surface area (Å²) in [7, 11) is 0. The molecule has 3 heteroatoms. The van der Waals surface area contributed by atoms with E-state index >= 15 is 0 Å². The van der Waals surface area contributed by atoms with E-state index in [1.807, 2.05) is 6.07 Å². The van der Waals surface area contributed by atoms with Crippen LogP contribution in [0.25, 0.3) is 0 Å². The molecule has 0 bridgehead atoms. The molecule has 1 aromatic carbocycles. The average molecular weight is 247 g/mol. The SMILES string of the molecule is c1cc2c(cc1CCCNC1CC1)OCCCO2.